The summed E-state index contributed by atoms with van der Waals surface area (Å²) in [6.45, 7) is 0. The Hall–Kier alpha value is -3.46. The molecule has 0 saturated heterocycles. The molecule has 2 aromatic heterocycles. The minimum Gasteiger partial charge on any atom is -0.358 e. The monoisotopic (exact) mass is 481 g/mol. The van der Waals surface area contributed by atoms with Gasteiger partial charge < -0.3 is 4.90 Å². The molecule has 30 heavy (non-hydrogen) atoms. The molecule has 6 heteroatoms. The number of hydrogen-bond acceptors (Lipinski definition) is 3. The third-order valence-corrected chi connectivity index (χ3v) is 4.53. The molecule has 0 saturated carbocycles. The Morgan fingerprint density at radius 1 is 0.600 bits per heavy atom. The van der Waals surface area contributed by atoms with Gasteiger partial charge in [0.2, 0.25) is 0 Å². The molecule has 148 valence electrons. The number of para-hydroxylation sites is 1. The van der Waals surface area contributed by atoms with Crippen molar-refractivity contribution in [3.05, 3.63) is 116 Å². The van der Waals surface area contributed by atoms with Gasteiger partial charge in [0.15, 0.2) is 0 Å². The van der Waals surface area contributed by atoms with E-state index in [0.717, 1.165) is 28.4 Å². The quantitative estimate of drug-likeness (QED) is 0.258. The summed E-state index contributed by atoms with van der Waals surface area (Å²) >= 11 is 0. The Labute approximate surface area is 188 Å². The molecular formula is C24H17N5Pd. The van der Waals surface area contributed by atoms with Gasteiger partial charge in [-0.3, -0.25) is 9.36 Å². The smallest absolute Gasteiger partial charge is 0.358 e. The van der Waals surface area contributed by atoms with E-state index in [1.165, 1.54) is 0 Å². The summed E-state index contributed by atoms with van der Waals surface area (Å²) in [6, 6.07) is 33.0. The van der Waals surface area contributed by atoms with E-state index >= 15 is 0 Å². The first-order chi connectivity index (χ1) is 14.4. The molecule has 0 aliphatic carbocycles. The fraction of sp³-hybridized carbons (Fsp3) is 0. The second-order valence-corrected chi connectivity index (χ2v) is 6.41. The molecule has 0 amide bonds. The summed E-state index contributed by atoms with van der Waals surface area (Å²) in [5, 5.41) is 8.66. The first-order valence-corrected chi connectivity index (χ1v) is 9.28. The molecule has 0 aliphatic heterocycles. The van der Waals surface area contributed by atoms with Crippen LogP contribution in [0.5, 0.6) is 0 Å². The Morgan fingerprint density at radius 3 is 1.60 bits per heavy atom. The van der Waals surface area contributed by atoms with Gasteiger partial charge in [0.25, 0.3) is 0 Å². The van der Waals surface area contributed by atoms with Crippen molar-refractivity contribution in [3.63, 3.8) is 0 Å². The van der Waals surface area contributed by atoms with Gasteiger partial charge in [-0.15, -0.1) is 36.4 Å². The Balaban J connectivity index is 0.00000218. The van der Waals surface area contributed by atoms with E-state index in [-0.39, 0.29) is 20.4 Å². The molecule has 0 N–H and O–H groups in total. The van der Waals surface area contributed by atoms with E-state index in [9.17, 15) is 0 Å². The summed E-state index contributed by atoms with van der Waals surface area (Å²) < 4.78 is 3.60. The Morgan fingerprint density at radius 2 is 1.13 bits per heavy atom. The van der Waals surface area contributed by atoms with Crippen LogP contribution in [0.15, 0.2) is 104 Å². The number of nitrogens with zero attached hydrogens (tertiary/aromatic N) is 5. The van der Waals surface area contributed by atoms with Crippen LogP contribution in [0.4, 0.5) is 17.1 Å². The number of benzene rings is 3. The minimum atomic E-state index is 0. The van der Waals surface area contributed by atoms with Gasteiger partial charge in [-0.2, -0.15) is 22.3 Å². The van der Waals surface area contributed by atoms with Crippen LogP contribution >= 0.6 is 0 Å². The maximum absolute atomic E-state index is 4.33. The predicted octanol–water partition coefficient (Wildman–Crippen LogP) is 5.13. The molecule has 5 nitrogen and oxygen atoms in total. The molecule has 0 fully saturated rings. The van der Waals surface area contributed by atoms with Crippen molar-refractivity contribution < 1.29 is 20.4 Å². The molecule has 0 atom stereocenters. The zero-order valence-corrected chi connectivity index (χ0v) is 17.4. The maximum atomic E-state index is 4.33. The van der Waals surface area contributed by atoms with Crippen LogP contribution in [0.25, 0.3) is 11.4 Å². The van der Waals surface area contributed by atoms with Crippen LogP contribution in [0.3, 0.4) is 0 Å². The van der Waals surface area contributed by atoms with Gasteiger partial charge in [0.05, 0.1) is 0 Å². The molecule has 5 aromatic rings. The standard InChI is InChI=1S/C24H17N5.Pd/c1-2-8-20(9-3-1)29(23-12-4-10-21(18-23)27-16-6-14-25-27)24-13-5-11-22(19-24)28-17-7-15-26-28;/h1-17H;/q-2;+2. The average molecular weight is 482 g/mol. The van der Waals surface area contributed by atoms with Crippen molar-refractivity contribution in [1.82, 2.24) is 19.6 Å². The minimum absolute atomic E-state index is 0. The molecule has 0 aliphatic rings. The fourth-order valence-corrected chi connectivity index (χ4v) is 3.23. The number of aromatic nitrogens is 4. The van der Waals surface area contributed by atoms with E-state index in [0.29, 0.717) is 0 Å². The van der Waals surface area contributed by atoms with Crippen molar-refractivity contribution >= 4 is 17.1 Å². The molecule has 0 unspecified atom stereocenters. The summed E-state index contributed by atoms with van der Waals surface area (Å²) in [5.41, 5.74) is 4.57. The summed E-state index contributed by atoms with van der Waals surface area (Å²) in [4.78, 5) is 2.12. The van der Waals surface area contributed by atoms with E-state index in [1.807, 2.05) is 79.1 Å². The van der Waals surface area contributed by atoms with Crippen molar-refractivity contribution in [2.24, 2.45) is 0 Å². The first-order valence-electron chi connectivity index (χ1n) is 9.28. The van der Waals surface area contributed by atoms with Crippen molar-refractivity contribution in [2.45, 2.75) is 0 Å². The van der Waals surface area contributed by atoms with Crippen molar-refractivity contribution in [3.8, 4) is 11.4 Å². The second-order valence-electron chi connectivity index (χ2n) is 6.41. The second kappa shape index (κ2) is 8.91. The zero-order valence-electron chi connectivity index (χ0n) is 15.9. The van der Waals surface area contributed by atoms with Crippen LogP contribution in [0.2, 0.25) is 0 Å². The van der Waals surface area contributed by atoms with E-state index in [4.69, 9.17) is 0 Å². The van der Waals surface area contributed by atoms with Gasteiger partial charge in [0.1, 0.15) is 0 Å². The molecule has 2 heterocycles. The molecule has 0 spiro atoms. The topological polar surface area (TPSA) is 38.9 Å². The van der Waals surface area contributed by atoms with E-state index in [1.54, 1.807) is 21.8 Å². The first kappa shape index (κ1) is 19.8. The summed E-state index contributed by atoms with van der Waals surface area (Å²) in [6.07, 6.45) is 7.34. The van der Waals surface area contributed by atoms with Crippen molar-refractivity contribution in [2.75, 3.05) is 4.90 Å². The molecule has 0 bridgehead atoms. The summed E-state index contributed by atoms with van der Waals surface area (Å²) in [5.74, 6) is 0. The molecule has 5 rings (SSSR count). The number of anilines is 3. The van der Waals surface area contributed by atoms with Crippen LogP contribution in [0, 0.1) is 12.1 Å². The van der Waals surface area contributed by atoms with Gasteiger partial charge in [-0.05, 0) is 35.6 Å². The Kier molecular flexibility index (Phi) is 5.90. The number of rotatable bonds is 5. The predicted molar refractivity (Wildman–Crippen MR) is 113 cm³/mol. The van der Waals surface area contributed by atoms with E-state index in [2.05, 4.69) is 39.4 Å². The number of hydrogen-bond donors (Lipinski definition) is 0. The zero-order chi connectivity index (χ0) is 19.5. The summed E-state index contributed by atoms with van der Waals surface area (Å²) in [7, 11) is 0. The molecule has 3 aromatic carbocycles. The van der Waals surface area contributed by atoms with Gasteiger partial charge in [-0.1, -0.05) is 29.6 Å². The third-order valence-electron chi connectivity index (χ3n) is 4.53. The third kappa shape index (κ3) is 3.97. The van der Waals surface area contributed by atoms with Gasteiger partial charge >= 0.3 is 20.4 Å². The van der Waals surface area contributed by atoms with Crippen LogP contribution < -0.4 is 4.90 Å². The van der Waals surface area contributed by atoms with Gasteiger partial charge in [-0.25, -0.2) is 0 Å². The van der Waals surface area contributed by atoms with Crippen LogP contribution in [0.1, 0.15) is 0 Å². The van der Waals surface area contributed by atoms with Crippen LogP contribution in [-0.4, -0.2) is 19.6 Å². The molecular weight excluding hydrogens is 465 g/mol. The van der Waals surface area contributed by atoms with Gasteiger partial charge in [0, 0.05) is 30.5 Å². The normalized spacial score (nSPS) is 10.4. The molecule has 0 radical (unpaired) electrons. The average Bonchev–Trinajstić information content (AvgIpc) is 3.50. The van der Waals surface area contributed by atoms with Crippen molar-refractivity contribution in [1.29, 1.82) is 0 Å². The largest absolute Gasteiger partial charge is 2.00 e. The fourth-order valence-electron chi connectivity index (χ4n) is 3.23. The Bertz CT molecular complexity index is 1120. The maximum Gasteiger partial charge on any atom is 2.00 e. The van der Waals surface area contributed by atoms with E-state index < -0.39 is 0 Å². The van der Waals surface area contributed by atoms with Crippen LogP contribution in [-0.2, 0) is 20.4 Å². The SMILES string of the molecule is [Pd+2].[c-]1c(N(c2[c-]c(-n3cccn3)ccc2)c2ccccc2)cccc1-n1cccn1.